The van der Waals surface area contributed by atoms with E-state index in [0.717, 1.165) is 20.9 Å². The lowest BCUT2D eigenvalue weighted by atomic mass is 10.2. The molecule has 0 radical (unpaired) electrons. The van der Waals surface area contributed by atoms with Crippen molar-refractivity contribution in [2.45, 2.75) is 13.8 Å². The molecule has 2 rings (SSSR count). The van der Waals surface area contributed by atoms with Crippen molar-refractivity contribution in [2.75, 3.05) is 0 Å². The molecule has 0 atom stereocenters. The molecule has 0 amide bonds. The Balaban J connectivity index is 2.20. The molecule has 3 heteroatoms. The molecular formula is C22H22O3. The highest BCUT2D eigenvalue weighted by atomic mass is 16.5. The zero-order valence-corrected chi connectivity index (χ0v) is 14.5. The van der Waals surface area contributed by atoms with Crippen LogP contribution in [0.15, 0.2) is 60.1 Å². The highest BCUT2D eigenvalue weighted by Gasteiger charge is 1.93. The Morgan fingerprint density at radius 3 is 1.60 bits per heavy atom. The SMILES string of the molecule is C=c1ccc(O)c/c1=C/C=C(\C)O/C(C)=C/C=c1/cc(O)ccc1=C. The third kappa shape index (κ3) is 5.43. The van der Waals surface area contributed by atoms with Crippen LogP contribution in [0, 0.1) is 0 Å². The largest absolute Gasteiger partial charge is 0.508 e. The van der Waals surface area contributed by atoms with E-state index in [1.54, 1.807) is 36.4 Å². The summed E-state index contributed by atoms with van der Waals surface area (Å²) in [6.07, 6.45) is 7.33. The van der Waals surface area contributed by atoms with Crippen molar-refractivity contribution in [1.29, 1.82) is 0 Å². The topological polar surface area (TPSA) is 49.7 Å². The number of hydrogen-bond donors (Lipinski definition) is 2. The lowest BCUT2D eigenvalue weighted by Gasteiger charge is -2.04. The van der Waals surface area contributed by atoms with Crippen molar-refractivity contribution in [2.24, 2.45) is 0 Å². The van der Waals surface area contributed by atoms with Crippen LogP contribution in [0.3, 0.4) is 0 Å². The zero-order valence-electron chi connectivity index (χ0n) is 14.5. The molecule has 0 bridgehead atoms. The molecule has 0 fully saturated rings. The molecule has 0 aliphatic heterocycles. The van der Waals surface area contributed by atoms with E-state index in [4.69, 9.17) is 4.74 Å². The smallest absolute Gasteiger partial charge is 0.116 e. The lowest BCUT2D eigenvalue weighted by molar-refractivity contribution is 0.310. The average Bonchev–Trinajstić information content (AvgIpc) is 2.56. The number of aromatic hydroxyl groups is 2. The maximum absolute atomic E-state index is 9.53. The Labute approximate surface area is 147 Å². The first-order valence-corrected chi connectivity index (χ1v) is 7.86. The van der Waals surface area contributed by atoms with E-state index in [1.165, 1.54) is 0 Å². The Kier molecular flexibility index (Phi) is 5.85. The highest BCUT2D eigenvalue weighted by Crippen LogP contribution is 2.06. The number of ether oxygens (including phenoxy) is 1. The van der Waals surface area contributed by atoms with E-state index in [-0.39, 0.29) is 11.5 Å². The summed E-state index contributed by atoms with van der Waals surface area (Å²) < 4.78 is 5.73. The second-order valence-corrected chi connectivity index (χ2v) is 5.76. The fraction of sp³-hybridized carbons (Fsp3) is 0.0909. The normalized spacial score (nSPS) is 14.0. The Morgan fingerprint density at radius 1 is 0.800 bits per heavy atom. The molecule has 0 aromatic heterocycles. The van der Waals surface area contributed by atoms with E-state index in [2.05, 4.69) is 13.2 Å². The van der Waals surface area contributed by atoms with Crippen molar-refractivity contribution < 1.29 is 14.9 Å². The Hall–Kier alpha value is -3.20. The third-order valence-corrected chi connectivity index (χ3v) is 3.58. The predicted molar refractivity (Wildman–Crippen MR) is 103 cm³/mol. The van der Waals surface area contributed by atoms with Crippen LogP contribution in [0.1, 0.15) is 13.8 Å². The van der Waals surface area contributed by atoms with E-state index in [0.29, 0.717) is 11.5 Å². The first-order chi connectivity index (χ1) is 11.8. The predicted octanol–water partition coefficient (Wildman–Crippen LogP) is 2.00. The van der Waals surface area contributed by atoms with Gasteiger partial charge in [-0.1, -0.05) is 37.4 Å². The van der Waals surface area contributed by atoms with Gasteiger partial charge in [0.05, 0.1) is 0 Å². The van der Waals surface area contributed by atoms with Gasteiger partial charge in [0.15, 0.2) is 0 Å². The Morgan fingerprint density at radius 2 is 1.20 bits per heavy atom. The fourth-order valence-electron chi connectivity index (χ4n) is 2.21. The number of hydrogen-bond acceptors (Lipinski definition) is 3. The lowest BCUT2D eigenvalue weighted by Crippen LogP contribution is -2.21. The molecule has 0 aliphatic carbocycles. The number of phenolic OH excluding ortho intramolecular Hbond substituents is 2. The van der Waals surface area contributed by atoms with Gasteiger partial charge in [-0.15, -0.1) is 0 Å². The van der Waals surface area contributed by atoms with Gasteiger partial charge in [-0.25, -0.2) is 0 Å². The van der Waals surface area contributed by atoms with Gasteiger partial charge in [0.2, 0.25) is 0 Å². The van der Waals surface area contributed by atoms with E-state index < -0.39 is 0 Å². The van der Waals surface area contributed by atoms with E-state index in [1.807, 2.05) is 38.2 Å². The summed E-state index contributed by atoms with van der Waals surface area (Å²) in [5.41, 5.74) is 0. The minimum Gasteiger partial charge on any atom is -0.508 e. The molecule has 0 aliphatic rings. The molecular weight excluding hydrogens is 312 g/mol. The maximum atomic E-state index is 9.53. The molecule has 2 N–H and O–H groups in total. The summed E-state index contributed by atoms with van der Waals surface area (Å²) in [6.45, 7) is 11.5. The summed E-state index contributed by atoms with van der Waals surface area (Å²) in [5, 5.41) is 22.4. The van der Waals surface area contributed by atoms with Crippen LogP contribution in [-0.2, 0) is 4.74 Å². The van der Waals surface area contributed by atoms with Gasteiger partial charge in [0, 0.05) is 0 Å². The van der Waals surface area contributed by atoms with Gasteiger partial charge in [0.1, 0.15) is 23.0 Å². The van der Waals surface area contributed by atoms with Crippen LogP contribution in [0.4, 0.5) is 0 Å². The van der Waals surface area contributed by atoms with Gasteiger partial charge in [-0.05, 0) is 71.1 Å². The van der Waals surface area contributed by atoms with Crippen LogP contribution in [0.2, 0.25) is 0 Å². The van der Waals surface area contributed by atoms with Crippen LogP contribution in [0.5, 0.6) is 11.5 Å². The first-order valence-electron chi connectivity index (χ1n) is 7.86. The van der Waals surface area contributed by atoms with Crippen molar-refractivity contribution in [3.63, 3.8) is 0 Å². The number of allylic oxidation sites excluding steroid dienone is 4. The molecule has 3 nitrogen and oxygen atoms in total. The minimum atomic E-state index is 0.200. The quantitative estimate of drug-likeness (QED) is 0.841. The average molecular weight is 334 g/mol. The number of benzene rings is 2. The Bertz CT molecular complexity index is 958. The molecule has 2 aromatic rings. The highest BCUT2D eigenvalue weighted by molar-refractivity contribution is 5.43. The minimum absolute atomic E-state index is 0.200. The summed E-state index contributed by atoms with van der Waals surface area (Å²) in [7, 11) is 0. The van der Waals surface area contributed by atoms with Gasteiger partial charge in [-0.2, -0.15) is 0 Å². The van der Waals surface area contributed by atoms with E-state index in [9.17, 15) is 10.2 Å². The molecule has 0 unspecified atom stereocenters. The first kappa shape index (κ1) is 18.1. The molecule has 25 heavy (non-hydrogen) atoms. The second kappa shape index (κ2) is 8.06. The molecule has 128 valence electrons. The van der Waals surface area contributed by atoms with Gasteiger partial charge in [-0.3, -0.25) is 0 Å². The summed E-state index contributed by atoms with van der Waals surface area (Å²) >= 11 is 0. The van der Waals surface area contributed by atoms with Crippen molar-refractivity contribution in [1.82, 2.24) is 0 Å². The van der Waals surface area contributed by atoms with E-state index >= 15 is 0 Å². The van der Waals surface area contributed by atoms with Crippen LogP contribution in [0.25, 0.3) is 25.3 Å². The molecule has 0 saturated carbocycles. The number of phenols is 2. The molecule has 2 aromatic carbocycles. The van der Waals surface area contributed by atoms with Gasteiger partial charge >= 0.3 is 0 Å². The summed E-state index contributed by atoms with van der Waals surface area (Å²) in [4.78, 5) is 0. The van der Waals surface area contributed by atoms with Crippen molar-refractivity contribution >= 4 is 25.3 Å². The van der Waals surface area contributed by atoms with Gasteiger partial charge in [0.25, 0.3) is 0 Å². The standard InChI is InChI=1S/C22H22O3/c1-15-5-11-21(23)13-19(15)9-7-17(3)25-18(4)8-10-20-14-22(24)12-6-16(20)2/h5-14,23-24H,1-2H2,3-4H3/b17-7+,18-8+,19-9-,20-10-. The van der Waals surface area contributed by atoms with Crippen LogP contribution < -0.4 is 20.9 Å². The molecule has 0 spiro atoms. The summed E-state index contributed by atoms with van der Waals surface area (Å²) in [5.74, 6) is 1.81. The molecule has 0 heterocycles. The molecule has 0 saturated heterocycles. The third-order valence-electron chi connectivity index (χ3n) is 3.58. The summed E-state index contributed by atoms with van der Waals surface area (Å²) in [6, 6.07) is 10.0. The number of rotatable bonds is 4. The fourth-order valence-corrected chi connectivity index (χ4v) is 2.21. The second-order valence-electron chi connectivity index (χ2n) is 5.76. The maximum Gasteiger partial charge on any atom is 0.116 e. The van der Waals surface area contributed by atoms with Crippen LogP contribution in [-0.4, -0.2) is 10.2 Å². The van der Waals surface area contributed by atoms with Crippen molar-refractivity contribution in [3.05, 3.63) is 80.9 Å². The zero-order chi connectivity index (χ0) is 18.4. The van der Waals surface area contributed by atoms with Gasteiger partial charge < -0.3 is 14.9 Å². The monoisotopic (exact) mass is 334 g/mol. The van der Waals surface area contributed by atoms with Crippen LogP contribution >= 0.6 is 0 Å². The van der Waals surface area contributed by atoms with Crippen molar-refractivity contribution in [3.8, 4) is 11.5 Å².